The van der Waals surface area contributed by atoms with Gasteiger partial charge in [0.1, 0.15) is 0 Å². The Balaban J connectivity index is 1.80. The van der Waals surface area contributed by atoms with E-state index in [1.54, 1.807) is 0 Å². The lowest BCUT2D eigenvalue weighted by molar-refractivity contribution is -0.119. The summed E-state index contributed by atoms with van der Waals surface area (Å²) in [5, 5.41) is 0. The molecule has 0 saturated carbocycles. The van der Waals surface area contributed by atoms with Crippen LogP contribution in [0.3, 0.4) is 0 Å². The molecule has 0 aromatic heterocycles. The number of nitrogens with two attached hydrogens (primary N) is 1. The molecule has 1 aromatic rings. The van der Waals surface area contributed by atoms with Crippen molar-refractivity contribution in [2.24, 2.45) is 11.1 Å². The van der Waals surface area contributed by atoms with Crippen LogP contribution in [-0.4, -0.2) is 48.9 Å². The molecule has 1 aliphatic heterocycles. The summed E-state index contributed by atoms with van der Waals surface area (Å²) in [4.78, 5) is 15.6. The van der Waals surface area contributed by atoms with E-state index in [0.717, 1.165) is 26.2 Å². The van der Waals surface area contributed by atoms with E-state index in [1.165, 1.54) is 18.4 Å². The van der Waals surface area contributed by atoms with Gasteiger partial charge in [0.2, 0.25) is 5.91 Å². The lowest BCUT2D eigenvalue weighted by Gasteiger charge is -2.41. The van der Waals surface area contributed by atoms with Gasteiger partial charge in [0.05, 0.1) is 6.54 Å². The summed E-state index contributed by atoms with van der Waals surface area (Å²) in [6.45, 7) is 6.89. The number of amides is 1. The van der Waals surface area contributed by atoms with Crippen molar-refractivity contribution in [3.05, 3.63) is 35.9 Å². The van der Waals surface area contributed by atoms with Crippen LogP contribution in [0.25, 0.3) is 0 Å². The molecular weight excluding hydrogens is 262 g/mol. The van der Waals surface area contributed by atoms with Crippen molar-refractivity contribution in [2.45, 2.75) is 26.3 Å². The second kappa shape index (κ2) is 7.05. The average Bonchev–Trinajstić information content (AvgIpc) is 2.41. The van der Waals surface area contributed by atoms with Crippen molar-refractivity contribution in [1.29, 1.82) is 0 Å². The number of likely N-dealkylation sites (tertiary alicyclic amines) is 1. The minimum absolute atomic E-state index is 0.248. The van der Waals surface area contributed by atoms with Gasteiger partial charge < -0.3 is 5.73 Å². The number of carbonyl (C=O) groups excluding carboxylic acids is 1. The van der Waals surface area contributed by atoms with Crippen LogP contribution in [0, 0.1) is 5.41 Å². The second-order valence-corrected chi connectivity index (χ2v) is 6.71. The van der Waals surface area contributed by atoms with E-state index < -0.39 is 0 Å². The molecule has 4 heteroatoms. The molecule has 0 unspecified atom stereocenters. The van der Waals surface area contributed by atoms with Crippen molar-refractivity contribution < 1.29 is 4.79 Å². The molecule has 0 bridgehead atoms. The van der Waals surface area contributed by atoms with Crippen LogP contribution in [-0.2, 0) is 11.3 Å². The zero-order chi connectivity index (χ0) is 15.3. The largest absolute Gasteiger partial charge is 0.369 e. The van der Waals surface area contributed by atoms with Gasteiger partial charge in [-0.1, -0.05) is 37.3 Å². The topological polar surface area (TPSA) is 49.6 Å². The van der Waals surface area contributed by atoms with Crippen LogP contribution in [0.4, 0.5) is 0 Å². The summed E-state index contributed by atoms with van der Waals surface area (Å²) in [5.74, 6) is -0.248. The van der Waals surface area contributed by atoms with Gasteiger partial charge in [-0.3, -0.25) is 14.6 Å². The van der Waals surface area contributed by atoms with E-state index in [0.29, 0.717) is 6.54 Å². The third kappa shape index (κ3) is 5.14. The monoisotopic (exact) mass is 289 g/mol. The number of nitrogens with zero attached hydrogens (tertiary/aromatic N) is 2. The number of rotatable bonds is 6. The number of likely N-dealkylation sites (N-methyl/N-ethyl adjacent to an activating group) is 1. The van der Waals surface area contributed by atoms with Crippen LogP contribution in [0.1, 0.15) is 25.3 Å². The first kappa shape index (κ1) is 16.0. The normalized spacial score (nSPS) is 18.8. The molecule has 1 aromatic carbocycles. The Kier molecular flexibility index (Phi) is 5.37. The molecular formula is C17H27N3O. The molecule has 0 aliphatic carbocycles. The summed E-state index contributed by atoms with van der Waals surface area (Å²) in [6.07, 6.45) is 2.34. The quantitative estimate of drug-likeness (QED) is 0.867. The molecule has 2 N–H and O–H groups in total. The SMILES string of the molecule is CN(CC(N)=O)CC1(C)CCN(Cc2ccccc2)CC1. The highest BCUT2D eigenvalue weighted by Crippen LogP contribution is 2.32. The maximum Gasteiger partial charge on any atom is 0.231 e. The Morgan fingerprint density at radius 1 is 1.29 bits per heavy atom. The summed E-state index contributed by atoms with van der Waals surface area (Å²) in [5.41, 5.74) is 6.93. The maximum absolute atomic E-state index is 11.0. The number of piperidine rings is 1. The zero-order valence-electron chi connectivity index (χ0n) is 13.2. The molecule has 116 valence electrons. The number of hydrogen-bond acceptors (Lipinski definition) is 3. The van der Waals surface area contributed by atoms with Crippen LogP contribution in [0.15, 0.2) is 30.3 Å². The molecule has 21 heavy (non-hydrogen) atoms. The molecule has 4 nitrogen and oxygen atoms in total. The predicted molar refractivity (Wildman–Crippen MR) is 85.8 cm³/mol. The Bertz CT molecular complexity index is 452. The van der Waals surface area contributed by atoms with E-state index in [-0.39, 0.29) is 11.3 Å². The fourth-order valence-electron chi connectivity index (χ4n) is 3.22. The highest BCUT2D eigenvalue weighted by atomic mass is 16.1. The highest BCUT2D eigenvalue weighted by molar-refractivity contribution is 5.75. The van der Waals surface area contributed by atoms with E-state index in [1.807, 2.05) is 7.05 Å². The summed E-state index contributed by atoms with van der Waals surface area (Å²) in [7, 11) is 1.98. The molecule has 0 spiro atoms. The van der Waals surface area contributed by atoms with Gasteiger partial charge in [-0.2, -0.15) is 0 Å². The number of benzene rings is 1. The van der Waals surface area contributed by atoms with E-state index in [4.69, 9.17) is 5.73 Å². The lowest BCUT2D eigenvalue weighted by Crippen LogP contribution is -2.45. The molecule has 2 rings (SSSR count). The first-order valence-electron chi connectivity index (χ1n) is 7.70. The predicted octanol–water partition coefficient (Wildman–Crippen LogP) is 1.71. The fourth-order valence-corrected chi connectivity index (χ4v) is 3.22. The van der Waals surface area contributed by atoms with Gasteiger partial charge in [-0.25, -0.2) is 0 Å². The van der Waals surface area contributed by atoms with Crippen molar-refractivity contribution in [2.75, 3.05) is 33.2 Å². The Morgan fingerprint density at radius 2 is 1.90 bits per heavy atom. The van der Waals surface area contributed by atoms with Crippen molar-refractivity contribution >= 4 is 5.91 Å². The van der Waals surface area contributed by atoms with Gasteiger partial charge >= 0.3 is 0 Å². The Hall–Kier alpha value is -1.39. The summed E-state index contributed by atoms with van der Waals surface area (Å²) < 4.78 is 0. The van der Waals surface area contributed by atoms with Gasteiger partial charge in [0, 0.05) is 13.1 Å². The summed E-state index contributed by atoms with van der Waals surface area (Å²) in [6, 6.07) is 10.6. The molecule has 1 saturated heterocycles. The van der Waals surface area contributed by atoms with E-state index in [2.05, 4.69) is 47.1 Å². The standard InChI is InChI=1S/C17H27N3O/c1-17(14-19(2)13-16(18)21)8-10-20(11-9-17)12-15-6-4-3-5-7-15/h3-7H,8-14H2,1-2H3,(H2,18,21). The van der Waals surface area contributed by atoms with Crippen molar-refractivity contribution in [3.8, 4) is 0 Å². The smallest absolute Gasteiger partial charge is 0.231 e. The van der Waals surface area contributed by atoms with E-state index in [9.17, 15) is 4.79 Å². The van der Waals surface area contributed by atoms with E-state index >= 15 is 0 Å². The Labute approximate surface area is 127 Å². The van der Waals surface area contributed by atoms with Gasteiger partial charge in [-0.05, 0) is 44.0 Å². The fraction of sp³-hybridized carbons (Fsp3) is 0.588. The minimum atomic E-state index is -0.248. The third-order valence-corrected chi connectivity index (χ3v) is 4.39. The molecule has 1 heterocycles. The Morgan fingerprint density at radius 3 is 2.48 bits per heavy atom. The van der Waals surface area contributed by atoms with Gasteiger partial charge in [-0.15, -0.1) is 0 Å². The molecule has 1 aliphatic rings. The first-order chi connectivity index (χ1) is 9.97. The van der Waals surface area contributed by atoms with Crippen LogP contribution in [0.2, 0.25) is 0 Å². The van der Waals surface area contributed by atoms with Crippen LogP contribution < -0.4 is 5.73 Å². The second-order valence-electron chi connectivity index (χ2n) is 6.71. The molecule has 1 fully saturated rings. The van der Waals surface area contributed by atoms with Gasteiger partial charge in [0.25, 0.3) is 0 Å². The molecule has 1 amide bonds. The van der Waals surface area contributed by atoms with Crippen LogP contribution >= 0.6 is 0 Å². The summed E-state index contributed by atoms with van der Waals surface area (Å²) >= 11 is 0. The van der Waals surface area contributed by atoms with Crippen LogP contribution in [0.5, 0.6) is 0 Å². The first-order valence-corrected chi connectivity index (χ1v) is 7.70. The minimum Gasteiger partial charge on any atom is -0.369 e. The molecule has 0 radical (unpaired) electrons. The average molecular weight is 289 g/mol. The highest BCUT2D eigenvalue weighted by Gasteiger charge is 2.31. The number of carbonyl (C=O) groups is 1. The van der Waals surface area contributed by atoms with Crippen molar-refractivity contribution in [3.63, 3.8) is 0 Å². The van der Waals surface area contributed by atoms with Gasteiger partial charge in [0.15, 0.2) is 0 Å². The third-order valence-electron chi connectivity index (χ3n) is 4.39. The number of hydrogen-bond donors (Lipinski definition) is 1. The van der Waals surface area contributed by atoms with Crippen molar-refractivity contribution in [1.82, 2.24) is 9.80 Å². The lowest BCUT2D eigenvalue weighted by atomic mass is 9.80. The number of primary amides is 1. The zero-order valence-corrected chi connectivity index (χ0v) is 13.2. The maximum atomic E-state index is 11.0. The molecule has 0 atom stereocenters.